The van der Waals surface area contributed by atoms with Gasteiger partial charge in [0.1, 0.15) is 6.04 Å². The Balaban J connectivity index is 0.00000146. The van der Waals surface area contributed by atoms with Gasteiger partial charge in [-0.2, -0.15) is 5.26 Å². The Labute approximate surface area is 144 Å². The molecule has 0 spiro atoms. The summed E-state index contributed by atoms with van der Waals surface area (Å²) in [6, 6.07) is 1.72. The first-order chi connectivity index (χ1) is 10.9. The number of hydrogen-bond donors (Lipinski definition) is 2. The summed E-state index contributed by atoms with van der Waals surface area (Å²) in [5.74, 6) is 1.56. The van der Waals surface area contributed by atoms with Crippen LogP contribution in [-0.4, -0.2) is 39.6 Å². The van der Waals surface area contributed by atoms with E-state index in [9.17, 15) is 15.2 Å². The molecular weight excluding hydrogens is 302 g/mol. The van der Waals surface area contributed by atoms with Crippen LogP contribution in [0.1, 0.15) is 58.8 Å². The van der Waals surface area contributed by atoms with Crippen molar-refractivity contribution < 1.29 is 9.90 Å². The van der Waals surface area contributed by atoms with Crippen molar-refractivity contribution >= 4 is 5.91 Å². The third kappa shape index (κ3) is 2.09. The van der Waals surface area contributed by atoms with Crippen LogP contribution in [0, 0.1) is 34.5 Å². The average Bonchev–Trinajstić information content (AvgIpc) is 3.14. The predicted molar refractivity (Wildman–Crippen MR) is 89.5 cm³/mol. The van der Waals surface area contributed by atoms with Gasteiger partial charge in [0, 0.05) is 6.04 Å². The minimum absolute atomic E-state index is 0. The van der Waals surface area contributed by atoms with E-state index in [1.165, 1.54) is 6.42 Å². The number of fused-ring (bicyclic) bond motifs is 1. The van der Waals surface area contributed by atoms with Crippen LogP contribution in [0.5, 0.6) is 0 Å². The summed E-state index contributed by atoms with van der Waals surface area (Å²) in [5.41, 5.74) is 5.71. The van der Waals surface area contributed by atoms with E-state index < -0.39 is 11.6 Å². The zero-order valence-corrected chi connectivity index (χ0v) is 13.4. The Kier molecular flexibility index (Phi) is 3.38. The highest BCUT2D eigenvalue weighted by Gasteiger charge is 2.62. The van der Waals surface area contributed by atoms with Crippen LogP contribution in [0.25, 0.3) is 0 Å². The molecule has 0 radical (unpaired) electrons. The number of piperidine rings is 1. The fraction of sp³-hybridized carbons (Fsp3) is 0.895. The third-order valence-corrected chi connectivity index (χ3v) is 7.51. The van der Waals surface area contributed by atoms with Crippen LogP contribution in [0.2, 0.25) is 0 Å². The maximum atomic E-state index is 13.1. The van der Waals surface area contributed by atoms with E-state index in [2.05, 4.69) is 6.07 Å². The highest BCUT2D eigenvalue weighted by molar-refractivity contribution is 5.84. The molecule has 5 heteroatoms. The van der Waals surface area contributed by atoms with E-state index in [1.807, 2.05) is 0 Å². The van der Waals surface area contributed by atoms with Crippen molar-refractivity contribution in [2.75, 3.05) is 0 Å². The molecule has 5 aliphatic carbocycles. The van der Waals surface area contributed by atoms with Gasteiger partial charge >= 0.3 is 0 Å². The smallest absolute Gasteiger partial charge is 0.241 e. The lowest BCUT2D eigenvalue weighted by Crippen LogP contribution is -2.64. The number of likely N-dealkylation sites (tertiary alicyclic amines) is 1. The van der Waals surface area contributed by atoms with Crippen molar-refractivity contribution in [3.05, 3.63) is 0 Å². The highest BCUT2D eigenvalue weighted by atomic mass is 16.3. The molecule has 1 amide bonds. The van der Waals surface area contributed by atoms with Crippen LogP contribution < -0.4 is 5.73 Å². The van der Waals surface area contributed by atoms with E-state index in [-0.39, 0.29) is 30.8 Å². The average molecular weight is 331 g/mol. The van der Waals surface area contributed by atoms with Crippen molar-refractivity contribution in [3.63, 3.8) is 0 Å². The van der Waals surface area contributed by atoms with Gasteiger partial charge in [-0.1, -0.05) is 7.43 Å². The van der Waals surface area contributed by atoms with Gasteiger partial charge in [-0.25, -0.2) is 0 Å². The summed E-state index contributed by atoms with van der Waals surface area (Å²) in [6.45, 7) is 0. The second-order valence-electron chi connectivity index (χ2n) is 9.21. The number of amides is 1. The molecule has 6 atom stereocenters. The highest BCUT2D eigenvalue weighted by Crippen LogP contribution is 2.63. The summed E-state index contributed by atoms with van der Waals surface area (Å²) in [5, 5.41) is 20.2. The molecule has 4 bridgehead atoms. The first-order valence-corrected chi connectivity index (χ1v) is 9.13. The molecule has 3 N–H and O–H groups in total. The largest absolute Gasteiger partial charge is 0.390 e. The monoisotopic (exact) mass is 331 g/mol. The van der Waals surface area contributed by atoms with E-state index >= 15 is 0 Å². The zero-order chi connectivity index (χ0) is 16.0. The quantitative estimate of drug-likeness (QED) is 0.807. The van der Waals surface area contributed by atoms with Crippen molar-refractivity contribution in [2.45, 2.75) is 82.5 Å². The van der Waals surface area contributed by atoms with Gasteiger partial charge in [-0.3, -0.25) is 4.79 Å². The number of hydrogen-bond acceptors (Lipinski definition) is 4. The molecule has 5 nitrogen and oxygen atoms in total. The Bertz CT molecular complexity index is 598. The molecule has 0 aromatic heterocycles. The lowest BCUT2D eigenvalue weighted by Gasteiger charge is -2.61. The Morgan fingerprint density at radius 3 is 2.46 bits per heavy atom. The summed E-state index contributed by atoms with van der Waals surface area (Å²) in [4.78, 5) is 14.9. The molecule has 1 saturated heterocycles. The second-order valence-corrected chi connectivity index (χ2v) is 9.21. The van der Waals surface area contributed by atoms with Gasteiger partial charge in [0.05, 0.1) is 17.7 Å². The number of nitrogens with zero attached hydrogens (tertiary/aromatic N) is 2. The number of carbonyl (C=O) groups excluding carboxylic acids is 1. The minimum Gasteiger partial charge on any atom is -0.390 e. The van der Waals surface area contributed by atoms with Crippen LogP contribution in [0.3, 0.4) is 0 Å². The number of nitriles is 1. The van der Waals surface area contributed by atoms with E-state index in [1.54, 1.807) is 4.90 Å². The number of carbonyl (C=O) groups is 1. The molecule has 24 heavy (non-hydrogen) atoms. The van der Waals surface area contributed by atoms with Crippen molar-refractivity contribution in [2.24, 2.45) is 28.9 Å². The van der Waals surface area contributed by atoms with Crippen molar-refractivity contribution in [1.82, 2.24) is 4.90 Å². The predicted octanol–water partition coefficient (Wildman–Crippen LogP) is 1.79. The maximum absolute atomic E-state index is 13.1. The summed E-state index contributed by atoms with van der Waals surface area (Å²) >= 11 is 0. The standard InChI is InChI=1S/C18H25N3O2.CH4/c19-8-13-2-12-3-14(12)21(13)16(22)15(20)17-4-10-1-11(5-17)7-18(23,6-10)9-17;/h10-15,23H,1-7,9,20H2;1H4. The third-order valence-electron chi connectivity index (χ3n) is 7.51. The molecule has 1 aliphatic heterocycles. The SMILES string of the molecule is C.N#CC1CC2CC2N1C(=O)C(N)C12CC3CC(CC(O)(C3)C1)C2. The van der Waals surface area contributed by atoms with Crippen LogP contribution in [0.15, 0.2) is 0 Å². The summed E-state index contributed by atoms with van der Waals surface area (Å²) in [7, 11) is 0. The lowest BCUT2D eigenvalue weighted by molar-refractivity contribution is -0.177. The fourth-order valence-corrected chi connectivity index (χ4v) is 6.96. The van der Waals surface area contributed by atoms with Gasteiger partial charge < -0.3 is 15.7 Å². The Hall–Kier alpha value is -1.12. The number of rotatable bonds is 2. The normalized spacial score (nSPS) is 51.5. The van der Waals surface area contributed by atoms with Crippen LogP contribution in [-0.2, 0) is 4.79 Å². The lowest BCUT2D eigenvalue weighted by atomic mass is 9.46. The van der Waals surface area contributed by atoms with Gasteiger partial charge in [-0.15, -0.1) is 0 Å². The van der Waals surface area contributed by atoms with E-state index in [0.29, 0.717) is 24.2 Å². The molecule has 132 valence electrons. The second kappa shape index (κ2) is 4.95. The van der Waals surface area contributed by atoms with E-state index in [4.69, 9.17) is 5.73 Å². The van der Waals surface area contributed by atoms with Gasteiger partial charge in [0.2, 0.25) is 5.91 Å². The molecule has 0 aromatic rings. The van der Waals surface area contributed by atoms with Crippen molar-refractivity contribution in [3.8, 4) is 6.07 Å². The maximum Gasteiger partial charge on any atom is 0.241 e. The van der Waals surface area contributed by atoms with Crippen molar-refractivity contribution in [1.29, 1.82) is 5.26 Å². The molecule has 6 unspecified atom stereocenters. The molecular formula is C19H29N3O2. The summed E-state index contributed by atoms with van der Waals surface area (Å²) < 4.78 is 0. The number of nitrogens with two attached hydrogens (primary N) is 1. The topological polar surface area (TPSA) is 90.4 Å². The van der Waals surface area contributed by atoms with Gasteiger partial charge in [0.25, 0.3) is 0 Å². The molecule has 1 heterocycles. The van der Waals surface area contributed by atoms with Crippen LogP contribution in [0.4, 0.5) is 0 Å². The first-order valence-electron chi connectivity index (χ1n) is 9.13. The molecule has 6 aliphatic rings. The molecule has 6 rings (SSSR count). The van der Waals surface area contributed by atoms with Gasteiger partial charge in [-0.05, 0) is 74.5 Å². The van der Waals surface area contributed by atoms with Crippen LogP contribution >= 0.6 is 0 Å². The summed E-state index contributed by atoms with van der Waals surface area (Å²) in [6.07, 6.45) is 7.48. The molecule has 5 saturated carbocycles. The Morgan fingerprint density at radius 1 is 1.21 bits per heavy atom. The minimum atomic E-state index is -0.594. The van der Waals surface area contributed by atoms with E-state index in [0.717, 1.165) is 38.5 Å². The fourth-order valence-electron chi connectivity index (χ4n) is 6.96. The Morgan fingerprint density at radius 2 is 1.88 bits per heavy atom. The molecule has 6 fully saturated rings. The number of aliphatic hydroxyl groups is 1. The first kappa shape index (κ1) is 16.4. The zero-order valence-electron chi connectivity index (χ0n) is 13.4. The van der Waals surface area contributed by atoms with Gasteiger partial charge in [0.15, 0.2) is 0 Å². The molecule has 0 aromatic carbocycles.